The van der Waals surface area contributed by atoms with Crippen molar-refractivity contribution in [3.8, 4) is 5.75 Å². The molecule has 0 aliphatic heterocycles. The zero-order chi connectivity index (χ0) is 30.0. The number of carbonyl (C=O) groups is 2. The minimum atomic E-state index is -4.19. The van der Waals surface area contributed by atoms with E-state index in [0.29, 0.717) is 28.9 Å². The summed E-state index contributed by atoms with van der Waals surface area (Å²) >= 11 is 3.32. The van der Waals surface area contributed by atoms with Gasteiger partial charge in [0, 0.05) is 17.6 Å². The van der Waals surface area contributed by atoms with E-state index in [1.165, 1.54) is 41.3 Å². The summed E-state index contributed by atoms with van der Waals surface area (Å²) in [6.45, 7) is 5.74. The second-order valence-corrected chi connectivity index (χ2v) is 12.1. The second-order valence-electron chi connectivity index (χ2n) is 9.36. The third kappa shape index (κ3) is 8.77. The number of nitrogens with zero attached hydrogens (tertiary/aromatic N) is 2. The van der Waals surface area contributed by atoms with Crippen molar-refractivity contribution in [2.45, 2.75) is 51.1 Å². The van der Waals surface area contributed by atoms with E-state index in [2.05, 4.69) is 21.2 Å². The lowest BCUT2D eigenvalue weighted by Gasteiger charge is -2.32. The molecule has 3 aromatic carbocycles. The molecule has 0 fully saturated rings. The molecule has 0 saturated heterocycles. The van der Waals surface area contributed by atoms with E-state index < -0.39 is 34.3 Å². The third-order valence-electron chi connectivity index (χ3n) is 6.38. The number of hydrogen-bond donors (Lipinski definition) is 1. The molecule has 0 aliphatic carbocycles. The number of ether oxygens (including phenoxy) is 1. The van der Waals surface area contributed by atoms with Crippen molar-refractivity contribution in [3.05, 3.63) is 88.6 Å². The Morgan fingerprint density at radius 3 is 2.20 bits per heavy atom. The van der Waals surface area contributed by atoms with E-state index in [9.17, 15) is 22.4 Å². The molecule has 0 aliphatic rings. The van der Waals surface area contributed by atoms with Crippen molar-refractivity contribution in [1.82, 2.24) is 10.2 Å². The molecule has 8 nitrogen and oxygen atoms in total. The van der Waals surface area contributed by atoms with E-state index in [0.717, 1.165) is 17.1 Å². The second kappa shape index (κ2) is 15.0. The first kappa shape index (κ1) is 32.1. The average molecular weight is 649 g/mol. The fraction of sp³-hybridized carbons (Fsp3) is 0.333. The fourth-order valence-corrected chi connectivity index (χ4v) is 5.72. The predicted molar refractivity (Wildman–Crippen MR) is 161 cm³/mol. The Morgan fingerprint density at radius 1 is 0.976 bits per heavy atom. The molecular formula is C30H35BrFN3O5S. The highest BCUT2D eigenvalue weighted by atomic mass is 79.9. The highest BCUT2D eigenvalue weighted by Crippen LogP contribution is 2.27. The van der Waals surface area contributed by atoms with Gasteiger partial charge in [0.2, 0.25) is 11.8 Å². The van der Waals surface area contributed by atoms with Gasteiger partial charge in [-0.2, -0.15) is 0 Å². The van der Waals surface area contributed by atoms with Gasteiger partial charge in [-0.25, -0.2) is 12.8 Å². The van der Waals surface area contributed by atoms with E-state index in [1.807, 2.05) is 13.8 Å². The molecule has 0 bridgehead atoms. The van der Waals surface area contributed by atoms with E-state index in [1.54, 1.807) is 43.3 Å². The number of carbonyl (C=O) groups excluding carboxylic acids is 2. The zero-order valence-electron chi connectivity index (χ0n) is 23.3. The minimum Gasteiger partial charge on any atom is -0.494 e. The Balaban J connectivity index is 2.00. The molecule has 3 rings (SSSR count). The highest BCUT2D eigenvalue weighted by Gasteiger charge is 2.32. The number of hydrogen-bond acceptors (Lipinski definition) is 5. The van der Waals surface area contributed by atoms with Crippen LogP contribution in [0.5, 0.6) is 5.75 Å². The lowest BCUT2D eigenvalue weighted by Crippen LogP contribution is -2.51. The van der Waals surface area contributed by atoms with E-state index in [4.69, 9.17) is 4.74 Å². The Kier molecular flexibility index (Phi) is 11.7. The summed E-state index contributed by atoms with van der Waals surface area (Å²) in [5.74, 6) is -0.836. The van der Waals surface area contributed by atoms with Gasteiger partial charge < -0.3 is 15.0 Å². The monoisotopic (exact) mass is 647 g/mol. The minimum absolute atomic E-state index is 0.00201. The zero-order valence-corrected chi connectivity index (χ0v) is 25.8. The van der Waals surface area contributed by atoms with Crippen LogP contribution in [0.1, 0.15) is 39.2 Å². The molecule has 0 aromatic heterocycles. The van der Waals surface area contributed by atoms with Crippen LogP contribution in [0.25, 0.3) is 0 Å². The first-order valence-corrected chi connectivity index (χ1v) is 15.6. The maximum atomic E-state index is 13.9. The molecule has 11 heteroatoms. The molecule has 0 unspecified atom stereocenters. The van der Waals surface area contributed by atoms with Crippen molar-refractivity contribution in [3.63, 3.8) is 0 Å². The summed E-state index contributed by atoms with van der Waals surface area (Å²) in [6, 6.07) is 17.2. The number of anilines is 1. The van der Waals surface area contributed by atoms with Crippen molar-refractivity contribution in [1.29, 1.82) is 0 Å². The number of unbranched alkanes of at least 4 members (excludes halogenated alkanes) is 1. The summed E-state index contributed by atoms with van der Waals surface area (Å²) in [5, 5.41) is 2.84. The SMILES string of the molecule is CCCCNC(=O)[C@@H](C)N(Cc1ccc(F)cc1)C(=O)CN(c1ccc(OCC)cc1)S(=O)(=O)c1ccc(Br)cc1. The number of rotatable bonds is 14. The standard InChI is InChI=1S/C30H35BrFN3O5S/c1-4-6-19-33-30(37)22(3)34(20-23-7-11-25(32)12-8-23)29(36)21-35(26-13-15-27(16-14-26)40-5-2)41(38,39)28-17-9-24(31)10-18-28/h7-18,22H,4-6,19-21H2,1-3H3,(H,33,37)/t22-/m1/s1. The Bertz CT molecular complexity index is 1400. The molecule has 3 aromatic rings. The number of amides is 2. The first-order chi connectivity index (χ1) is 19.6. The van der Waals surface area contributed by atoms with Gasteiger partial charge in [-0.1, -0.05) is 41.4 Å². The Hall–Kier alpha value is -3.44. The molecule has 0 heterocycles. The predicted octanol–water partition coefficient (Wildman–Crippen LogP) is 5.52. The molecule has 1 atom stereocenters. The van der Waals surface area contributed by atoms with Gasteiger partial charge in [-0.05, 0) is 86.5 Å². The summed E-state index contributed by atoms with van der Waals surface area (Å²) in [6.07, 6.45) is 1.67. The normalized spacial score (nSPS) is 11.9. The summed E-state index contributed by atoms with van der Waals surface area (Å²) < 4.78 is 48.5. The van der Waals surface area contributed by atoms with Crippen molar-refractivity contribution < 1.29 is 27.1 Å². The van der Waals surface area contributed by atoms with Crippen LogP contribution in [0, 0.1) is 5.82 Å². The quantitative estimate of drug-likeness (QED) is 0.233. The van der Waals surface area contributed by atoms with Crippen LogP contribution in [0.2, 0.25) is 0 Å². The van der Waals surface area contributed by atoms with Crippen LogP contribution < -0.4 is 14.4 Å². The smallest absolute Gasteiger partial charge is 0.264 e. The summed E-state index contributed by atoms with van der Waals surface area (Å²) in [5.41, 5.74) is 0.850. The van der Waals surface area contributed by atoms with E-state index in [-0.39, 0.29) is 23.0 Å². The molecule has 0 saturated carbocycles. The van der Waals surface area contributed by atoms with Crippen LogP contribution in [0.4, 0.5) is 10.1 Å². The van der Waals surface area contributed by atoms with Crippen LogP contribution in [0.3, 0.4) is 0 Å². The molecule has 1 N–H and O–H groups in total. The molecule has 0 spiro atoms. The fourth-order valence-electron chi connectivity index (χ4n) is 4.04. The summed E-state index contributed by atoms with van der Waals surface area (Å²) in [7, 11) is -4.19. The van der Waals surface area contributed by atoms with Gasteiger partial charge in [-0.3, -0.25) is 13.9 Å². The molecular weight excluding hydrogens is 613 g/mol. The van der Waals surface area contributed by atoms with Gasteiger partial charge >= 0.3 is 0 Å². The highest BCUT2D eigenvalue weighted by molar-refractivity contribution is 9.10. The lowest BCUT2D eigenvalue weighted by molar-refractivity contribution is -0.139. The molecule has 0 radical (unpaired) electrons. The van der Waals surface area contributed by atoms with Crippen molar-refractivity contribution >= 4 is 43.5 Å². The molecule has 41 heavy (non-hydrogen) atoms. The van der Waals surface area contributed by atoms with Crippen molar-refractivity contribution in [2.75, 3.05) is 24.0 Å². The number of nitrogens with one attached hydrogen (secondary N) is 1. The summed E-state index contributed by atoms with van der Waals surface area (Å²) in [4.78, 5) is 28.2. The number of sulfonamides is 1. The van der Waals surface area contributed by atoms with Gasteiger partial charge in [0.25, 0.3) is 10.0 Å². The average Bonchev–Trinajstić information content (AvgIpc) is 2.96. The first-order valence-electron chi connectivity index (χ1n) is 13.4. The Morgan fingerprint density at radius 2 is 1.61 bits per heavy atom. The molecule has 220 valence electrons. The number of benzene rings is 3. The molecule has 2 amide bonds. The third-order valence-corrected chi connectivity index (χ3v) is 8.70. The van der Waals surface area contributed by atoms with Gasteiger partial charge in [-0.15, -0.1) is 0 Å². The van der Waals surface area contributed by atoms with Gasteiger partial charge in [0.05, 0.1) is 17.2 Å². The largest absolute Gasteiger partial charge is 0.494 e. The van der Waals surface area contributed by atoms with Crippen LogP contribution >= 0.6 is 15.9 Å². The van der Waals surface area contributed by atoms with Gasteiger partial charge in [0.15, 0.2) is 0 Å². The maximum absolute atomic E-state index is 13.9. The van der Waals surface area contributed by atoms with Gasteiger partial charge in [0.1, 0.15) is 24.2 Å². The maximum Gasteiger partial charge on any atom is 0.264 e. The van der Waals surface area contributed by atoms with E-state index >= 15 is 0 Å². The van der Waals surface area contributed by atoms with Crippen LogP contribution in [0.15, 0.2) is 82.2 Å². The van der Waals surface area contributed by atoms with Crippen molar-refractivity contribution in [2.24, 2.45) is 0 Å². The number of halogens is 2. The lowest BCUT2D eigenvalue weighted by atomic mass is 10.1. The van der Waals surface area contributed by atoms with Crippen LogP contribution in [-0.2, 0) is 26.2 Å². The Labute approximate surface area is 249 Å². The van der Waals surface area contributed by atoms with Crippen LogP contribution in [-0.4, -0.2) is 50.9 Å². The topological polar surface area (TPSA) is 96.0 Å².